The lowest BCUT2D eigenvalue weighted by atomic mass is 9.99. The summed E-state index contributed by atoms with van der Waals surface area (Å²) in [4.78, 5) is 0. The van der Waals surface area contributed by atoms with E-state index in [9.17, 15) is 8.78 Å². The van der Waals surface area contributed by atoms with E-state index in [0.29, 0.717) is 12.0 Å². The van der Waals surface area contributed by atoms with Crippen LogP contribution in [0.2, 0.25) is 0 Å². The Hall–Kier alpha value is -0.960. The van der Waals surface area contributed by atoms with Gasteiger partial charge < -0.3 is 5.32 Å². The van der Waals surface area contributed by atoms with Crippen LogP contribution in [0.15, 0.2) is 18.2 Å². The number of nitrogens with one attached hydrogen (secondary N) is 1. The quantitative estimate of drug-likeness (QED) is 0.824. The molecule has 3 atom stereocenters. The molecular formula is C18H25F2N. The predicted molar refractivity (Wildman–Crippen MR) is 81.1 cm³/mol. The normalized spacial score (nSPS) is 29.0. The summed E-state index contributed by atoms with van der Waals surface area (Å²) in [5.41, 5.74) is 0.782. The fourth-order valence-electron chi connectivity index (χ4n) is 4.30. The van der Waals surface area contributed by atoms with Crippen LogP contribution < -0.4 is 5.32 Å². The molecule has 1 nitrogen and oxygen atoms in total. The summed E-state index contributed by atoms with van der Waals surface area (Å²) in [5, 5.41) is 3.63. The SMILES string of the molecule is CCCNC(Cc1cc(F)cc(F)c1)C1C2CCCCC21. The van der Waals surface area contributed by atoms with E-state index < -0.39 is 11.6 Å². The molecule has 2 fully saturated rings. The molecule has 0 amide bonds. The molecule has 0 bridgehead atoms. The highest BCUT2D eigenvalue weighted by Gasteiger charge is 2.53. The highest BCUT2D eigenvalue weighted by molar-refractivity contribution is 5.20. The molecular weight excluding hydrogens is 268 g/mol. The Labute approximate surface area is 126 Å². The molecule has 2 aliphatic carbocycles. The van der Waals surface area contributed by atoms with Crippen LogP contribution in [-0.2, 0) is 6.42 Å². The van der Waals surface area contributed by atoms with Crippen LogP contribution in [0.3, 0.4) is 0 Å². The lowest BCUT2D eigenvalue weighted by Gasteiger charge is -2.19. The van der Waals surface area contributed by atoms with Gasteiger partial charge >= 0.3 is 0 Å². The van der Waals surface area contributed by atoms with Gasteiger partial charge in [-0.05, 0) is 67.7 Å². The van der Waals surface area contributed by atoms with Crippen molar-refractivity contribution in [1.29, 1.82) is 0 Å². The Balaban J connectivity index is 1.70. The molecule has 0 aromatic heterocycles. The maximum Gasteiger partial charge on any atom is 0.126 e. The molecule has 0 saturated heterocycles. The first kappa shape index (κ1) is 15.0. The number of hydrogen-bond donors (Lipinski definition) is 1. The van der Waals surface area contributed by atoms with E-state index in [1.807, 2.05) is 0 Å². The van der Waals surface area contributed by atoms with Gasteiger partial charge in [-0.3, -0.25) is 0 Å². The second-order valence-corrected chi connectivity index (χ2v) is 6.73. The first-order valence-electron chi connectivity index (χ1n) is 8.37. The van der Waals surface area contributed by atoms with Gasteiger partial charge in [0.05, 0.1) is 0 Å². The highest BCUT2D eigenvalue weighted by Crippen LogP contribution is 2.57. The molecule has 3 heteroatoms. The molecule has 0 aliphatic heterocycles. The molecule has 0 radical (unpaired) electrons. The van der Waals surface area contributed by atoms with E-state index in [4.69, 9.17) is 0 Å². The molecule has 2 saturated carbocycles. The van der Waals surface area contributed by atoms with E-state index >= 15 is 0 Å². The minimum atomic E-state index is -0.465. The predicted octanol–water partition coefficient (Wildman–Crippen LogP) is 4.31. The van der Waals surface area contributed by atoms with E-state index in [2.05, 4.69) is 12.2 Å². The lowest BCUT2D eigenvalue weighted by Crippen LogP contribution is -2.35. The lowest BCUT2D eigenvalue weighted by molar-refractivity contribution is 0.426. The van der Waals surface area contributed by atoms with Crippen LogP contribution >= 0.6 is 0 Å². The van der Waals surface area contributed by atoms with E-state index in [0.717, 1.165) is 42.9 Å². The molecule has 1 aromatic carbocycles. The average Bonchev–Trinajstić information content (AvgIpc) is 3.16. The summed E-state index contributed by atoms with van der Waals surface area (Å²) in [5.74, 6) is 1.49. The van der Waals surface area contributed by atoms with Crippen molar-refractivity contribution in [3.05, 3.63) is 35.4 Å². The van der Waals surface area contributed by atoms with Crippen LogP contribution in [0, 0.1) is 29.4 Å². The molecule has 3 rings (SSSR count). The van der Waals surface area contributed by atoms with Crippen molar-refractivity contribution < 1.29 is 8.78 Å². The van der Waals surface area contributed by atoms with Crippen molar-refractivity contribution in [2.45, 2.75) is 51.5 Å². The Morgan fingerprint density at radius 3 is 2.29 bits per heavy atom. The zero-order valence-corrected chi connectivity index (χ0v) is 12.7. The maximum absolute atomic E-state index is 13.4. The zero-order chi connectivity index (χ0) is 14.8. The third-order valence-corrected chi connectivity index (χ3v) is 5.22. The Kier molecular flexibility index (Phi) is 4.58. The standard InChI is InChI=1S/C18H25F2N/c1-2-7-21-17(18-15-5-3-4-6-16(15)18)10-12-8-13(19)11-14(20)9-12/h8-9,11,15-18,21H,2-7,10H2,1H3. The number of rotatable bonds is 6. The molecule has 0 heterocycles. The van der Waals surface area contributed by atoms with Gasteiger partial charge in [0.2, 0.25) is 0 Å². The summed E-state index contributed by atoms with van der Waals surface area (Å²) < 4.78 is 26.8. The molecule has 0 spiro atoms. The fourth-order valence-corrected chi connectivity index (χ4v) is 4.30. The van der Waals surface area contributed by atoms with Gasteiger partial charge in [-0.2, -0.15) is 0 Å². The van der Waals surface area contributed by atoms with Gasteiger partial charge in [0.1, 0.15) is 11.6 Å². The maximum atomic E-state index is 13.4. The van der Waals surface area contributed by atoms with Crippen molar-refractivity contribution in [1.82, 2.24) is 5.32 Å². The van der Waals surface area contributed by atoms with Gasteiger partial charge in [-0.15, -0.1) is 0 Å². The summed E-state index contributed by atoms with van der Waals surface area (Å²) in [6, 6.07) is 4.29. The molecule has 2 aliphatic rings. The molecule has 1 aromatic rings. The monoisotopic (exact) mass is 293 g/mol. The van der Waals surface area contributed by atoms with Crippen molar-refractivity contribution in [3.63, 3.8) is 0 Å². The Morgan fingerprint density at radius 2 is 1.71 bits per heavy atom. The largest absolute Gasteiger partial charge is 0.313 e. The van der Waals surface area contributed by atoms with Crippen molar-refractivity contribution in [2.75, 3.05) is 6.54 Å². The van der Waals surface area contributed by atoms with Crippen LogP contribution in [0.25, 0.3) is 0 Å². The van der Waals surface area contributed by atoms with Gasteiger partial charge in [-0.25, -0.2) is 8.78 Å². The van der Waals surface area contributed by atoms with Gasteiger partial charge in [0, 0.05) is 12.1 Å². The summed E-state index contributed by atoms with van der Waals surface area (Å²) in [6.07, 6.45) is 7.23. The van der Waals surface area contributed by atoms with E-state index in [1.165, 1.54) is 37.8 Å². The van der Waals surface area contributed by atoms with Crippen LogP contribution in [-0.4, -0.2) is 12.6 Å². The second-order valence-electron chi connectivity index (χ2n) is 6.73. The third-order valence-electron chi connectivity index (χ3n) is 5.22. The van der Waals surface area contributed by atoms with Crippen LogP contribution in [0.4, 0.5) is 8.78 Å². The summed E-state index contributed by atoms with van der Waals surface area (Å²) in [7, 11) is 0. The number of halogens is 2. The minimum Gasteiger partial charge on any atom is -0.313 e. The van der Waals surface area contributed by atoms with E-state index in [-0.39, 0.29) is 0 Å². The van der Waals surface area contributed by atoms with Crippen molar-refractivity contribution in [3.8, 4) is 0 Å². The number of fused-ring (bicyclic) bond motifs is 1. The zero-order valence-electron chi connectivity index (χ0n) is 12.7. The van der Waals surface area contributed by atoms with Crippen LogP contribution in [0.1, 0.15) is 44.6 Å². The third kappa shape index (κ3) is 3.45. The van der Waals surface area contributed by atoms with E-state index in [1.54, 1.807) is 0 Å². The molecule has 116 valence electrons. The van der Waals surface area contributed by atoms with Crippen molar-refractivity contribution >= 4 is 0 Å². The highest BCUT2D eigenvalue weighted by atomic mass is 19.1. The van der Waals surface area contributed by atoms with Crippen LogP contribution in [0.5, 0.6) is 0 Å². The summed E-state index contributed by atoms with van der Waals surface area (Å²) >= 11 is 0. The van der Waals surface area contributed by atoms with Gasteiger partial charge in [0.15, 0.2) is 0 Å². The van der Waals surface area contributed by atoms with Crippen molar-refractivity contribution in [2.24, 2.45) is 17.8 Å². The first-order valence-corrected chi connectivity index (χ1v) is 8.37. The average molecular weight is 293 g/mol. The first-order chi connectivity index (χ1) is 10.2. The Morgan fingerprint density at radius 1 is 1.10 bits per heavy atom. The topological polar surface area (TPSA) is 12.0 Å². The summed E-state index contributed by atoms with van der Waals surface area (Å²) in [6.45, 7) is 3.14. The molecule has 21 heavy (non-hydrogen) atoms. The smallest absolute Gasteiger partial charge is 0.126 e. The fraction of sp³-hybridized carbons (Fsp3) is 0.667. The minimum absolute atomic E-state index is 0.374. The second kappa shape index (κ2) is 6.43. The van der Waals surface area contributed by atoms with Gasteiger partial charge in [0.25, 0.3) is 0 Å². The number of benzene rings is 1. The Bertz CT molecular complexity index is 456. The number of hydrogen-bond acceptors (Lipinski definition) is 1. The molecule has 3 unspecified atom stereocenters. The molecule has 1 N–H and O–H groups in total. The van der Waals surface area contributed by atoms with Gasteiger partial charge in [-0.1, -0.05) is 19.8 Å².